The second-order valence-corrected chi connectivity index (χ2v) is 17.5. The lowest BCUT2D eigenvalue weighted by atomic mass is 9.97. The first-order chi connectivity index (χ1) is 16.1. The number of rotatable bonds is 7. The average Bonchev–Trinajstić information content (AvgIpc) is 2.72. The number of benzene rings is 1. The van der Waals surface area contributed by atoms with E-state index in [-0.39, 0.29) is 15.8 Å². The molecule has 0 saturated carbocycles. The van der Waals surface area contributed by atoms with E-state index in [2.05, 4.69) is 48.8 Å². The Balaban J connectivity index is 2.14. The van der Waals surface area contributed by atoms with Crippen LogP contribution in [0, 0.1) is 0 Å². The summed E-state index contributed by atoms with van der Waals surface area (Å²) in [6.07, 6.45) is 3.95. The van der Waals surface area contributed by atoms with E-state index in [1.807, 2.05) is 12.1 Å². The quantitative estimate of drug-likeness (QED) is 0.291. The van der Waals surface area contributed by atoms with Crippen molar-refractivity contribution in [3.05, 3.63) is 74.3 Å². The predicted molar refractivity (Wildman–Crippen MR) is 142 cm³/mol. The minimum absolute atomic E-state index is 0.0571. The minimum atomic E-state index is -3.63. The van der Waals surface area contributed by atoms with Crippen molar-refractivity contribution < 1.29 is 12.8 Å². The lowest BCUT2D eigenvalue weighted by Crippen LogP contribution is -2.42. The Kier molecular flexibility index (Phi) is 7.98. The van der Waals surface area contributed by atoms with Gasteiger partial charge >= 0.3 is 0 Å². The Morgan fingerprint density at radius 3 is 2.31 bits per heavy atom. The van der Waals surface area contributed by atoms with E-state index in [1.165, 1.54) is 12.3 Å². The maximum Gasteiger partial charge on any atom is 0.248 e. The van der Waals surface area contributed by atoms with E-state index in [0.717, 1.165) is 17.4 Å². The Hall–Kier alpha value is -2.04. The molecule has 0 saturated heterocycles. The highest BCUT2D eigenvalue weighted by molar-refractivity contribution is 7.90. The van der Waals surface area contributed by atoms with Gasteiger partial charge in [-0.15, -0.1) is 0 Å². The highest BCUT2D eigenvalue weighted by Gasteiger charge is 2.39. The van der Waals surface area contributed by atoms with Gasteiger partial charge in [0.1, 0.15) is 0 Å². The number of hydrogen-bond donors (Lipinski definition) is 1. The molecule has 2 heterocycles. The normalized spacial score (nSPS) is 13.6. The molecule has 2 aromatic heterocycles. The molecule has 0 aliphatic rings. The fraction of sp³-hybridized carbons (Fsp3) is 0.375. The molecule has 1 aromatic carbocycles. The van der Waals surface area contributed by atoms with Crippen molar-refractivity contribution in [1.82, 2.24) is 15.0 Å². The van der Waals surface area contributed by atoms with Crippen molar-refractivity contribution in [2.75, 3.05) is 6.26 Å². The number of halogens is 2. The summed E-state index contributed by atoms with van der Waals surface area (Å²) in [7, 11) is -5.87. The highest BCUT2D eigenvalue weighted by Crippen LogP contribution is 2.41. The maximum absolute atomic E-state index is 12.2. The Morgan fingerprint density at radius 2 is 1.74 bits per heavy atom. The van der Waals surface area contributed by atoms with Gasteiger partial charge in [-0.05, 0) is 53.5 Å². The summed E-state index contributed by atoms with van der Waals surface area (Å²) in [5.41, 5.74) is 2.03. The minimum Gasteiger partial charge on any atom is -0.410 e. The van der Waals surface area contributed by atoms with Crippen LogP contribution >= 0.6 is 23.2 Å². The van der Waals surface area contributed by atoms with Crippen LogP contribution in [0.15, 0.2) is 52.7 Å². The molecule has 1 N–H and O–H groups in total. The molecule has 188 valence electrons. The van der Waals surface area contributed by atoms with Gasteiger partial charge < -0.3 is 9.41 Å². The van der Waals surface area contributed by atoms with Gasteiger partial charge in [0.15, 0.2) is 8.32 Å². The fourth-order valence-corrected chi connectivity index (χ4v) is 5.64. The number of nitrogens with zero attached hydrogens (tertiary/aromatic N) is 2. The highest BCUT2D eigenvalue weighted by atomic mass is 35.5. The van der Waals surface area contributed by atoms with Crippen molar-refractivity contribution >= 4 is 41.4 Å². The van der Waals surface area contributed by atoms with Gasteiger partial charge in [0.25, 0.3) is 0 Å². The van der Waals surface area contributed by atoms with Crippen LogP contribution in [0.2, 0.25) is 28.2 Å². The van der Waals surface area contributed by atoms with E-state index >= 15 is 0 Å². The number of H-pyrrole nitrogens is 1. The molecule has 7 nitrogen and oxygen atoms in total. The first kappa shape index (κ1) is 27.5. The Morgan fingerprint density at radius 1 is 1.11 bits per heavy atom. The molecule has 0 aliphatic carbocycles. The smallest absolute Gasteiger partial charge is 0.248 e. The van der Waals surface area contributed by atoms with E-state index < -0.39 is 24.3 Å². The lowest BCUT2D eigenvalue weighted by molar-refractivity contribution is 0.184. The number of aromatic amines is 1. The number of sulfone groups is 1. The third-order valence-electron chi connectivity index (χ3n) is 6.16. The topological polar surface area (TPSA) is 102 Å². The molecule has 0 bridgehead atoms. The summed E-state index contributed by atoms with van der Waals surface area (Å²) in [6.45, 7) is 10.8. The third-order valence-corrected chi connectivity index (χ3v) is 11.9. The van der Waals surface area contributed by atoms with Crippen molar-refractivity contribution in [2.24, 2.45) is 0 Å². The van der Waals surface area contributed by atoms with Crippen LogP contribution in [0.25, 0.3) is 11.3 Å². The van der Waals surface area contributed by atoms with Gasteiger partial charge in [-0.25, -0.2) is 18.4 Å². The zero-order valence-electron chi connectivity index (χ0n) is 20.5. The molecular formula is C24H29Cl2N3O4SSi. The van der Waals surface area contributed by atoms with Crippen LogP contribution < -0.4 is 5.56 Å². The van der Waals surface area contributed by atoms with E-state index in [0.29, 0.717) is 27.7 Å². The summed E-state index contributed by atoms with van der Waals surface area (Å²) in [5.74, 6) is 0. The summed E-state index contributed by atoms with van der Waals surface area (Å²) in [4.78, 5) is 23.0. The van der Waals surface area contributed by atoms with Gasteiger partial charge in [-0.1, -0.05) is 44.0 Å². The molecule has 0 amide bonds. The molecular weight excluding hydrogens is 525 g/mol. The number of aromatic nitrogens is 3. The predicted octanol–water partition coefficient (Wildman–Crippen LogP) is 5.85. The van der Waals surface area contributed by atoms with Gasteiger partial charge in [0, 0.05) is 46.7 Å². The standard InChI is InChI=1S/C24H29Cl2N3O4SSi/c1-24(2,3)35(5,6)33-21(15-9-17(25)12-18(26)10-15)11-16-14-28-22(30)13-19(16)20-7-8-27-23(29-20)34(4,31)32/h7-10,12-14,21H,11H2,1-6H3,(H,28,30). The molecule has 11 heteroatoms. The number of nitrogens with one attached hydrogen (secondary N) is 1. The summed E-state index contributed by atoms with van der Waals surface area (Å²) < 4.78 is 30.8. The molecule has 35 heavy (non-hydrogen) atoms. The second-order valence-electron chi connectivity index (χ2n) is 10.0. The number of pyridine rings is 1. The van der Waals surface area contributed by atoms with Crippen LogP contribution in [0.4, 0.5) is 0 Å². The van der Waals surface area contributed by atoms with Crippen LogP contribution in [0.1, 0.15) is 38.0 Å². The first-order valence-electron chi connectivity index (χ1n) is 11.0. The average molecular weight is 555 g/mol. The molecule has 0 aliphatic heterocycles. The Bertz CT molecular complexity index is 1380. The fourth-order valence-electron chi connectivity index (χ4n) is 3.30. The van der Waals surface area contributed by atoms with Gasteiger partial charge in [0.05, 0.1) is 11.8 Å². The molecule has 1 unspecified atom stereocenters. The summed E-state index contributed by atoms with van der Waals surface area (Å²) >= 11 is 12.6. The molecule has 3 aromatic rings. The monoisotopic (exact) mass is 553 g/mol. The zero-order chi connectivity index (χ0) is 26.2. The van der Waals surface area contributed by atoms with Crippen molar-refractivity contribution in [3.63, 3.8) is 0 Å². The van der Waals surface area contributed by atoms with Crippen LogP contribution in [-0.4, -0.2) is 37.9 Å². The Labute approximate surface area is 217 Å². The third kappa shape index (κ3) is 6.80. The molecule has 0 radical (unpaired) electrons. The van der Waals surface area contributed by atoms with E-state index in [9.17, 15) is 13.2 Å². The van der Waals surface area contributed by atoms with Crippen molar-refractivity contribution in [3.8, 4) is 11.3 Å². The number of hydrogen-bond acceptors (Lipinski definition) is 6. The van der Waals surface area contributed by atoms with Gasteiger partial charge in [-0.2, -0.15) is 0 Å². The van der Waals surface area contributed by atoms with Crippen molar-refractivity contribution in [2.45, 2.75) is 56.6 Å². The van der Waals surface area contributed by atoms with E-state index in [1.54, 1.807) is 18.3 Å². The van der Waals surface area contributed by atoms with Crippen LogP contribution in [0.3, 0.4) is 0 Å². The maximum atomic E-state index is 12.2. The van der Waals surface area contributed by atoms with Crippen LogP contribution in [0.5, 0.6) is 0 Å². The molecule has 0 spiro atoms. The first-order valence-corrected chi connectivity index (χ1v) is 16.5. The van der Waals surface area contributed by atoms with Crippen molar-refractivity contribution in [1.29, 1.82) is 0 Å². The zero-order valence-corrected chi connectivity index (χ0v) is 23.8. The molecule has 1 atom stereocenters. The molecule has 3 rings (SSSR count). The lowest BCUT2D eigenvalue weighted by Gasteiger charge is -2.39. The van der Waals surface area contributed by atoms with Crippen LogP contribution in [-0.2, 0) is 20.7 Å². The second kappa shape index (κ2) is 10.1. The largest absolute Gasteiger partial charge is 0.410 e. The van der Waals surface area contributed by atoms with Gasteiger partial charge in [-0.3, -0.25) is 4.79 Å². The van der Waals surface area contributed by atoms with Gasteiger partial charge in [0.2, 0.25) is 20.6 Å². The van der Waals surface area contributed by atoms with E-state index in [4.69, 9.17) is 27.6 Å². The summed E-state index contributed by atoms with van der Waals surface area (Å²) in [5, 5.41) is 0.619. The molecule has 0 fully saturated rings. The summed E-state index contributed by atoms with van der Waals surface area (Å²) in [6, 6.07) is 8.28. The SMILES string of the molecule is CC(C)(C)[Si](C)(C)OC(Cc1c[nH]c(=O)cc1-c1ccnc(S(C)(=O)=O)n1)c1cc(Cl)cc(Cl)c1.